The summed E-state index contributed by atoms with van der Waals surface area (Å²) >= 11 is 0. The lowest BCUT2D eigenvalue weighted by Crippen LogP contribution is -2.37. The molecule has 6 nitrogen and oxygen atoms in total. The van der Waals surface area contributed by atoms with Gasteiger partial charge in [0.05, 0.1) is 36.0 Å². The van der Waals surface area contributed by atoms with Crippen molar-refractivity contribution in [1.82, 2.24) is 0 Å². The zero-order chi connectivity index (χ0) is 14.1. The van der Waals surface area contributed by atoms with Crippen molar-refractivity contribution < 1.29 is 12.6 Å². The smallest absolute Gasteiger partial charge is 0.269 e. The third-order valence-corrected chi connectivity index (χ3v) is 4.68. The molecule has 0 unspecified atom stereocenters. The van der Waals surface area contributed by atoms with Crippen LogP contribution in [0.1, 0.15) is 39.0 Å². The molecule has 0 aromatic rings. The van der Waals surface area contributed by atoms with Gasteiger partial charge in [0.15, 0.2) is 0 Å². The number of hydrogen-bond donors (Lipinski definition) is 0. The average Bonchev–Trinajstić information content (AvgIpc) is 2.33. The van der Waals surface area contributed by atoms with Gasteiger partial charge >= 0.3 is 0 Å². The summed E-state index contributed by atoms with van der Waals surface area (Å²) in [6.07, 6.45) is 0.345. The van der Waals surface area contributed by atoms with Gasteiger partial charge in [0.1, 0.15) is 0 Å². The second kappa shape index (κ2) is 7.66. The Hall–Kier alpha value is -1.62. The predicted molar refractivity (Wildman–Crippen MR) is 63.2 cm³/mol. The molecule has 0 aliphatic carbocycles. The van der Waals surface area contributed by atoms with Crippen LogP contribution in [0.3, 0.4) is 0 Å². The van der Waals surface area contributed by atoms with E-state index in [2.05, 4.69) is 0 Å². The zero-order valence-corrected chi connectivity index (χ0v) is 11.0. The molecule has 98 valence electrons. The van der Waals surface area contributed by atoms with Crippen molar-refractivity contribution in [3.8, 4) is 18.2 Å². The molecule has 0 saturated heterocycles. The molecule has 0 bridgehead atoms. The maximum atomic E-state index is 12.0. The van der Waals surface area contributed by atoms with E-state index in [1.807, 2.05) is 12.1 Å². The maximum Gasteiger partial charge on any atom is 0.272 e. The van der Waals surface area contributed by atoms with Gasteiger partial charge in [0.2, 0.25) is 0 Å². The van der Waals surface area contributed by atoms with E-state index in [0.717, 1.165) is 0 Å². The Kier molecular flexibility index (Phi) is 6.97. The summed E-state index contributed by atoms with van der Waals surface area (Å²) in [7, 11) is -3.89. The molecule has 0 fully saturated rings. The Balaban J connectivity index is 4.89. The van der Waals surface area contributed by atoms with Crippen LogP contribution in [0.25, 0.3) is 0 Å². The SMILES string of the molecule is CC(CCC#N)(CCC#N)S(=O)(=O)OCCC#N. The molecule has 0 radical (unpaired) electrons. The van der Waals surface area contributed by atoms with E-state index >= 15 is 0 Å². The highest BCUT2D eigenvalue weighted by molar-refractivity contribution is 7.88. The average molecular weight is 269 g/mol. The Morgan fingerprint density at radius 2 is 1.44 bits per heavy atom. The zero-order valence-electron chi connectivity index (χ0n) is 10.2. The lowest BCUT2D eigenvalue weighted by atomic mass is 9.99. The highest BCUT2D eigenvalue weighted by Crippen LogP contribution is 2.30. The van der Waals surface area contributed by atoms with Crippen LogP contribution >= 0.6 is 0 Å². The lowest BCUT2D eigenvalue weighted by molar-refractivity contribution is 0.299. The summed E-state index contributed by atoms with van der Waals surface area (Å²) in [6, 6.07) is 5.55. The molecule has 0 aliphatic rings. The van der Waals surface area contributed by atoms with Crippen molar-refractivity contribution in [3.05, 3.63) is 0 Å². The highest BCUT2D eigenvalue weighted by atomic mass is 32.2. The molecule has 0 aliphatic heterocycles. The number of nitriles is 3. The largest absolute Gasteiger partial charge is 0.272 e. The molecule has 0 saturated carbocycles. The van der Waals surface area contributed by atoms with Crippen molar-refractivity contribution in [3.63, 3.8) is 0 Å². The molecule has 7 heteroatoms. The normalized spacial score (nSPS) is 11.2. The summed E-state index contributed by atoms with van der Waals surface area (Å²) in [5.41, 5.74) is 0. The minimum Gasteiger partial charge on any atom is -0.269 e. The van der Waals surface area contributed by atoms with Gasteiger partial charge in [-0.1, -0.05) is 0 Å². The summed E-state index contributed by atoms with van der Waals surface area (Å²) < 4.78 is 27.5. The Morgan fingerprint density at radius 3 is 1.83 bits per heavy atom. The van der Waals surface area contributed by atoms with Gasteiger partial charge in [0, 0.05) is 12.8 Å². The van der Waals surface area contributed by atoms with E-state index in [1.165, 1.54) is 6.92 Å². The monoisotopic (exact) mass is 269 g/mol. The number of rotatable bonds is 8. The first kappa shape index (κ1) is 16.4. The third kappa shape index (κ3) is 4.71. The van der Waals surface area contributed by atoms with E-state index in [-0.39, 0.29) is 38.7 Å². The molecule has 0 N–H and O–H groups in total. The summed E-state index contributed by atoms with van der Waals surface area (Å²) in [6.45, 7) is 1.26. The predicted octanol–water partition coefficient (Wildman–Crippen LogP) is 1.61. The summed E-state index contributed by atoms with van der Waals surface area (Å²) in [5.74, 6) is 0. The fraction of sp³-hybridized carbons (Fsp3) is 0.727. The van der Waals surface area contributed by atoms with E-state index < -0.39 is 14.9 Å². The van der Waals surface area contributed by atoms with Crippen LogP contribution in [-0.4, -0.2) is 19.8 Å². The molecular formula is C11H15N3O3S. The Labute approximate surface area is 108 Å². The van der Waals surface area contributed by atoms with Crippen molar-refractivity contribution in [2.75, 3.05) is 6.61 Å². The summed E-state index contributed by atoms with van der Waals surface area (Å²) in [4.78, 5) is 0. The molecule has 0 rings (SSSR count). The van der Waals surface area contributed by atoms with Gasteiger partial charge < -0.3 is 0 Å². The van der Waals surface area contributed by atoms with E-state index in [0.29, 0.717) is 0 Å². The standard InChI is InChI=1S/C11H15N3O3S/c1-11(5-2-7-12,6-3-8-13)18(15,16)17-10-4-9-14/h2-6,10H2,1H3. The van der Waals surface area contributed by atoms with Crippen LogP contribution in [0.5, 0.6) is 0 Å². The molecule has 0 aromatic heterocycles. The Morgan fingerprint density at radius 1 is 1.00 bits per heavy atom. The minimum absolute atomic E-state index is 0.0220. The fourth-order valence-electron chi connectivity index (χ4n) is 1.35. The number of nitrogens with zero attached hydrogens (tertiary/aromatic N) is 3. The highest BCUT2D eigenvalue weighted by Gasteiger charge is 2.39. The quantitative estimate of drug-likeness (QED) is 0.488. The molecule has 0 aromatic carbocycles. The van der Waals surface area contributed by atoms with Gasteiger partial charge in [-0.2, -0.15) is 24.2 Å². The lowest BCUT2D eigenvalue weighted by Gasteiger charge is -2.26. The summed E-state index contributed by atoms with van der Waals surface area (Å²) in [5, 5.41) is 25.4. The van der Waals surface area contributed by atoms with Crippen LogP contribution in [-0.2, 0) is 14.3 Å². The van der Waals surface area contributed by atoms with Crippen LogP contribution in [0.2, 0.25) is 0 Å². The van der Waals surface area contributed by atoms with Crippen molar-refractivity contribution in [1.29, 1.82) is 15.8 Å². The topological polar surface area (TPSA) is 115 Å². The third-order valence-electron chi connectivity index (χ3n) is 2.59. The van der Waals surface area contributed by atoms with Crippen LogP contribution < -0.4 is 0 Å². The first-order valence-electron chi connectivity index (χ1n) is 5.43. The first-order chi connectivity index (χ1) is 8.43. The molecule has 0 spiro atoms. The van der Waals surface area contributed by atoms with Crippen LogP contribution in [0.15, 0.2) is 0 Å². The Bertz CT molecular complexity index is 461. The fourth-order valence-corrected chi connectivity index (χ4v) is 2.65. The van der Waals surface area contributed by atoms with Crippen molar-refractivity contribution >= 4 is 10.1 Å². The molecule has 0 atom stereocenters. The second-order valence-corrected chi connectivity index (χ2v) is 6.08. The van der Waals surface area contributed by atoms with E-state index in [1.54, 1.807) is 6.07 Å². The molecule has 18 heavy (non-hydrogen) atoms. The van der Waals surface area contributed by atoms with Gasteiger partial charge in [0.25, 0.3) is 10.1 Å². The first-order valence-corrected chi connectivity index (χ1v) is 6.84. The van der Waals surface area contributed by atoms with Crippen LogP contribution in [0.4, 0.5) is 0 Å². The molecule has 0 amide bonds. The molecular weight excluding hydrogens is 254 g/mol. The van der Waals surface area contributed by atoms with Gasteiger partial charge in [-0.05, 0) is 19.8 Å². The van der Waals surface area contributed by atoms with E-state index in [4.69, 9.17) is 20.0 Å². The van der Waals surface area contributed by atoms with Crippen molar-refractivity contribution in [2.24, 2.45) is 0 Å². The maximum absolute atomic E-state index is 12.0. The second-order valence-electron chi connectivity index (χ2n) is 3.95. The van der Waals surface area contributed by atoms with Gasteiger partial charge in [-0.25, -0.2) is 0 Å². The van der Waals surface area contributed by atoms with E-state index in [9.17, 15) is 8.42 Å². The van der Waals surface area contributed by atoms with Gasteiger partial charge in [-0.3, -0.25) is 4.18 Å². The minimum atomic E-state index is -3.89. The molecule has 0 heterocycles. The number of hydrogen-bond acceptors (Lipinski definition) is 6. The van der Waals surface area contributed by atoms with Gasteiger partial charge in [-0.15, -0.1) is 0 Å². The van der Waals surface area contributed by atoms with Crippen molar-refractivity contribution in [2.45, 2.75) is 43.8 Å². The van der Waals surface area contributed by atoms with Crippen LogP contribution in [0, 0.1) is 34.0 Å².